The molecule has 0 saturated carbocycles. The van der Waals surface area contributed by atoms with Crippen molar-refractivity contribution in [2.45, 2.75) is 39.7 Å². The number of carbonyl (C=O) groups is 2. The third-order valence-electron chi connectivity index (χ3n) is 5.11. The molecule has 2 heterocycles. The van der Waals surface area contributed by atoms with Gasteiger partial charge in [0.05, 0.1) is 11.1 Å². The van der Waals surface area contributed by atoms with Gasteiger partial charge in [0, 0.05) is 49.9 Å². The first-order chi connectivity index (χ1) is 14.6. The van der Waals surface area contributed by atoms with Crippen molar-refractivity contribution in [1.29, 1.82) is 0 Å². The average Bonchev–Trinajstić information content (AvgIpc) is 2.69. The normalized spacial score (nSPS) is 15.2. The van der Waals surface area contributed by atoms with Crippen molar-refractivity contribution < 1.29 is 18.7 Å². The maximum absolute atomic E-state index is 13.5. The minimum atomic E-state index is -0.487. The van der Waals surface area contributed by atoms with Crippen LogP contribution in [0, 0.1) is 12.7 Å². The summed E-state index contributed by atoms with van der Waals surface area (Å²) in [6, 6.07) is 6.00. The van der Waals surface area contributed by atoms with E-state index in [2.05, 4.69) is 15.2 Å². The van der Waals surface area contributed by atoms with E-state index in [1.165, 1.54) is 12.1 Å². The van der Waals surface area contributed by atoms with Crippen LogP contribution in [0.4, 0.5) is 9.18 Å². The number of halogens is 1. The lowest BCUT2D eigenvalue weighted by atomic mass is 10.1. The van der Waals surface area contributed by atoms with Crippen LogP contribution in [0.1, 0.15) is 43.2 Å². The van der Waals surface area contributed by atoms with Gasteiger partial charge in [-0.25, -0.2) is 9.18 Å². The van der Waals surface area contributed by atoms with E-state index >= 15 is 0 Å². The van der Waals surface area contributed by atoms with Gasteiger partial charge in [-0.05, 0) is 58.9 Å². The number of aromatic nitrogens is 1. The van der Waals surface area contributed by atoms with Crippen LogP contribution >= 0.6 is 0 Å². The van der Waals surface area contributed by atoms with Gasteiger partial charge < -0.3 is 15.0 Å². The molecular formula is C23H31FN4O3. The zero-order valence-electron chi connectivity index (χ0n) is 18.7. The SMILES string of the molecule is Cc1cc(C(=O)NCCCN2CCN(C(=O)OC(C)(C)C)CC2)c2ccc(F)cc2n1. The van der Waals surface area contributed by atoms with E-state index in [0.717, 1.165) is 26.1 Å². The molecule has 1 fully saturated rings. The number of hydrogen-bond donors (Lipinski definition) is 1. The number of nitrogens with one attached hydrogen (secondary N) is 1. The molecule has 31 heavy (non-hydrogen) atoms. The van der Waals surface area contributed by atoms with Crippen LogP contribution in [0.25, 0.3) is 10.9 Å². The van der Waals surface area contributed by atoms with E-state index in [-0.39, 0.29) is 17.8 Å². The second-order valence-electron chi connectivity index (χ2n) is 8.89. The number of piperazine rings is 1. The molecule has 2 amide bonds. The fourth-order valence-electron chi connectivity index (χ4n) is 3.60. The first kappa shape index (κ1) is 22.9. The van der Waals surface area contributed by atoms with Crippen molar-refractivity contribution in [2.24, 2.45) is 0 Å². The van der Waals surface area contributed by atoms with Crippen molar-refractivity contribution in [3.63, 3.8) is 0 Å². The van der Waals surface area contributed by atoms with Crippen LogP contribution in [-0.4, -0.2) is 71.7 Å². The summed E-state index contributed by atoms with van der Waals surface area (Å²) in [5.74, 6) is -0.555. The summed E-state index contributed by atoms with van der Waals surface area (Å²) in [7, 11) is 0. The van der Waals surface area contributed by atoms with Gasteiger partial charge >= 0.3 is 6.09 Å². The Morgan fingerprint density at radius 1 is 1.16 bits per heavy atom. The zero-order chi connectivity index (χ0) is 22.6. The Balaban J connectivity index is 1.44. The van der Waals surface area contributed by atoms with E-state index in [1.54, 1.807) is 24.0 Å². The Morgan fingerprint density at radius 3 is 2.55 bits per heavy atom. The lowest BCUT2D eigenvalue weighted by molar-refractivity contribution is 0.0144. The fraction of sp³-hybridized carbons (Fsp3) is 0.522. The van der Waals surface area contributed by atoms with E-state index < -0.39 is 5.60 Å². The highest BCUT2D eigenvalue weighted by atomic mass is 19.1. The summed E-state index contributed by atoms with van der Waals surface area (Å²) < 4.78 is 18.9. The number of nitrogens with zero attached hydrogens (tertiary/aromatic N) is 3. The number of pyridine rings is 1. The van der Waals surface area contributed by atoms with E-state index in [0.29, 0.717) is 41.8 Å². The number of aryl methyl sites for hydroxylation is 1. The minimum Gasteiger partial charge on any atom is -0.444 e. The second kappa shape index (κ2) is 9.60. The summed E-state index contributed by atoms with van der Waals surface area (Å²) in [4.78, 5) is 33.1. The molecule has 1 aliphatic heterocycles. The first-order valence-corrected chi connectivity index (χ1v) is 10.7. The highest BCUT2D eigenvalue weighted by Crippen LogP contribution is 2.19. The molecule has 1 N–H and O–H groups in total. The molecule has 1 aromatic heterocycles. The molecule has 0 bridgehead atoms. The number of rotatable bonds is 5. The number of fused-ring (bicyclic) bond motifs is 1. The number of benzene rings is 1. The summed E-state index contributed by atoms with van der Waals surface area (Å²) in [6.45, 7) is 11.6. The van der Waals surface area contributed by atoms with Crippen molar-refractivity contribution in [1.82, 2.24) is 20.1 Å². The summed E-state index contributed by atoms with van der Waals surface area (Å²) >= 11 is 0. The fourth-order valence-corrected chi connectivity index (χ4v) is 3.60. The summed E-state index contributed by atoms with van der Waals surface area (Å²) in [5, 5.41) is 3.60. The monoisotopic (exact) mass is 430 g/mol. The number of ether oxygens (including phenoxy) is 1. The molecule has 168 valence electrons. The highest BCUT2D eigenvalue weighted by molar-refractivity contribution is 6.06. The van der Waals surface area contributed by atoms with E-state index in [1.807, 2.05) is 20.8 Å². The van der Waals surface area contributed by atoms with Crippen molar-refractivity contribution in [3.05, 3.63) is 41.3 Å². The minimum absolute atomic E-state index is 0.183. The molecule has 1 saturated heterocycles. The predicted octanol–water partition coefficient (Wildman–Crippen LogP) is 3.35. The van der Waals surface area contributed by atoms with Gasteiger partial charge in [-0.2, -0.15) is 0 Å². The molecule has 2 aromatic rings. The summed E-state index contributed by atoms with van der Waals surface area (Å²) in [6.07, 6.45) is 0.536. The van der Waals surface area contributed by atoms with Crippen LogP contribution in [0.3, 0.4) is 0 Å². The highest BCUT2D eigenvalue weighted by Gasteiger charge is 2.25. The van der Waals surface area contributed by atoms with Gasteiger partial charge in [-0.1, -0.05) is 0 Å². The number of carbonyl (C=O) groups excluding carboxylic acids is 2. The van der Waals surface area contributed by atoms with Gasteiger partial charge in [0.1, 0.15) is 11.4 Å². The lowest BCUT2D eigenvalue weighted by Gasteiger charge is -2.35. The molecule has 8 heteroatoms. The second-order valence-corrected chi connectivity index (χ2v) is 8.89. The van der Waals surface area contributed by atoms with Crippen LogP contribution in [-0.2, 0) is 4.74 Å². The van der Waals surface area contributed by atoms with E-state index in [9.17, 15) is 14.0 Å². The van der Waals surface area contributed by atoms with Crippen LogP contribution < -0.4 is 5.32 Å². The largest absolute Gasteiger partial charge is 0.444 e. The Kier molecular flexibility index (Phi) is 7.10. The predicted molar refractivity (Wildman–Crippen MR) is 118 cm³/mol. The molecule has 0 radical (unpaired) electrons. The Morgan fingerprint density at radius 2 is 1.87 bits per heavy atom. The Bertz CT molecular complexity index is 944. The maximum Gasteiger partial charge on any atom is 0.410 e. The third kappa shape index (κ3) is 6.37. The molecule has 0 unspecified atom stereocenters. The molecule has 0 aliphatic carbocycles. The number of hydrogen-bond acceptors (Lipinski definition) is 5. The first-order valence-electron chi connectivity index (χ1n) is 10.7. The number of amides is 2. The Labute approximate surface area is 182 Å². The van der Waals surface area contributed by atoms with E-state index in [4.69, 9.17) is 4.74 Å². The van der Waals surface area contributed by atoms with Crippen LogP contribution in [0.5, 0.6) is 0 Å². The Hall–Kier alpha value is -2.74. The van der Waals surface area contributed by atoms with Crippen molar-refractivity contribution in [2.75, 3.05) is 39.3 Å². The quantitative estimate of drug-likeness (QED) is 0.737. The molecule has 0 atom stereocenters. The molecule has 7 nitrogen and oxygen atoms in total. The molecular weight excluding hydrogens is 399 g/mol. The third-order valence-corrected chi connectivity index (χ3v) is 5.11. The molecule has 1 aliphatic rings. The lowest BCUT2D eigenvalue weighted by Crippen LogP contribution is -2.50. The van der Waals surface area contributed by atoms with Gasteiger partial charge in [0.25, 0.3) is 5.91 Å². The van der Waals surface area contributed by atoms with Gasteiger partial charge in [-0.3, -0.25) is 14.7 Å². The smallest absolute Gasteiger partial charge is 0.410 e. The van der Waals surface area contributed by atoms with Gasteiger partial charge in [0.15, 0.2) is 0 Å². The van der Waals surface area contributed by atoms with Crippen LogP contribution in [0.15, 0.2) is 24.3 Å². The standard InChI is InChI=1S/C23H31FN4O3/c1-16-14-19(18-7-6-17(24)15-20(18)26-16)21(29)25-8-5-9-27-10-12-28(13-11-27)22(30)31-23(2,3)4/h6-7,14-15H,5,8-13H2,1-4H3,(H,25,29). The van der Waals surface area contributed by atoms with Gasteiger partial charge in [-0.15, -0.1) is 0 Å². The molecule has 3 rings (SSSR count). The average molecular weight is 431 g/mol. The topological polar surface area (TPSA) is 74.8 Å². The van der Waals surface area contributed by atoms with Gasteiger partial charge in [0.2, 0.25) is 0 Å². The van der Waals surface area contributed by atoms with Crippen molar-refractivity contribution >= 4 is 22.9 Å². The maximum atomic E-state index is 13.5. The summed E-state index contributed by atoms with van der Waals surface area (Å²) in [5.41, 5.74) is 1.17. The van der Waals surface area contributed by atoms with Crippen molar-refractivity contribution in [3.8, 4) is 0 Å². The molecule has 1 aromatic carbocycles. The molecule has 0 spiro atoms. The zero-order valence-corrected chi connectivity index (χ0v) is 18.7. The van der Waals surface area contributed by atoms with Crippen LogP contribution in [0.2, 0.25) is 0 Å².